The second kappa shape index (κ2) is 6.65. The molecule has 1 aliphatic carbocycles. The molecule has 0 saturated carbocycles. The van der Waals surface area contributed by atoms with Gasteiger partial charge in [-0.3, -0.25) is 4.68 Å². The van der Waals surface area contributed by atoms with E-state index in [2.05, 4.69) is 17.2 Å². The lowest BCUT2D eigenvalue weighted by molar-refractivity contribution is 0.0525. The highest BCUT2D eigenvalue weighted by Crippen LogP contribution is 2.40. The number of ether oxygens (including phenoxy) is 1. The van der Waals surface area contributed by atoms with E-state index >= 15 is 0 Å². The van der Waals surface area contributed by atoms with Gasteiger partial charge in [0.1, 0.15) is 10.7 Å². The number of hydrogen-bond donors (Lipinski definition) is 0. The van der Waals surface area contributed by atoms with E-state index in [4.69, 9.17) is 16.3 Å². The number of aromatic nitrogens is 3. The summed E-state index contributed by atoms with van der Waals surface area (Å²) in [6.07, 6.45) is 3.45. The molecule has 0 unspecified atom stereocenters. The lowest BCUT2D eigenvalue weighted by atomic mass is 9.93. The first-order valence-electron chi connectivity index (χ1n) is 8.75. The van der Waals surface area contributed by atoms with Crippen LogP contribution in [0, 0.1) is 0 Å². The van der Waals surface area contributed by atoms with Gasteiger partial charge in [-0.05, 0) is 30.9 Å². The molecule has 2 aromatic heterocycles. The van der Waals surface area contributed by atoms with Crippen LogP contribution in [0.5, 0.6) is 0 Å². The lowest BCUT2D eigenvalue weighted by Crippen LogP contribution is -2.13. The molecule has 0 radical (unpaired) electrons. The Balaban J connectivity index is 1.77. The van der Waals surface area contributed by atoms with Crippen molar-refractivity contribution in [3.8, 4) is 11.3 Å². The summed E-state index contributed by atoms with van der Waals surface area (Å²) in [5, 5.41) is 5.03. The normalized spacial score (nSPS) is 12.6. The Kier molecular flexibility index (Phi) is 4.32. The van der Waals surface area contributed by atoms with Crippen LogP contribution >= 0.6 is 11.6 Å². The average molecular weight is 370 g/mol. The molecule has 0 fully saturated rings. The van der Waals surface area contributed by atoms with Crippen molar-refractivity contribution in [3.63, 3.8) is 0 Å². The first kappa shape index (κ1) is 16.9. The first-order chi connectivity index (χ1) is 12.6. The van der Waals surface area contributed by atoms with E-state index in [1.54, 1.807) is 6.92 Å². The second-order valence-electron chi connectivity index (χ2n) is 6.42. The van der Waals surface area contributed by atoms with Gasteiger partial charge >= 0.3 is 5.97 Å². The van der Waals surface area contributed by atoms with Crippen molar-refractivity contribution >= 4 is 17.6 Å². The zero-order valence-electron chi connectivity index (χ0n) is 14.8. The molecule has 0 N–H and O–H groups in total. The van der Waals surface area contributed by atoms with Gasteiger partial charge in [-0.1, -0.05) is 41.9 Å². The fourth-order valence-electron chi connectivity index (χ4n) is 3.72. The van der Waals surface area contributed by atoms with Crippen molar-refractivity contribution in [1.29, 1.82) is 0 Å². The van der Waals surface area contributed by atoms with Crippen LogP contribution in [0.1, 0.15) is 34.1 Å². The minimum atomic E-state index is -0.352. The number of nitrogens with zero attached hydrogens (tertiary/aromatic N) is 3. The van der Waals surface area contributed by atoms with Gasteiger partial charge in [0, 0.05) is 18.3 Å². The topological polar surface area (TPSA) is 49.1 Å². The number of halogens is 1. The standard InChI is InChI=1S/C20H20ClN3O2/c1-3-26-20(25)17-14-9-10-16-15(18(14)23(2)19(17)21)11-22-24(16)12-13-7-5-4-6-8-13/h4-8,11H,3,9-10,12H2,1-2H3. The molecule has 1 aromatic carbocycles. The largest absolute Gasteiger partial charge is 0.462 e. The number of carbonyl (C=O) groups excluding carboxylic acids is 1. The molecule has 1 aliphatic rings. The van der Waals surface area contributed by atoms with Crippen molar-refractivity contribution in [2.24, 2.45) is 7.05 Å². The van der Waals surface area contributed by atoms with Crippen molar-refractivity contribution in [3.05, 3.63) is 64.1 Å². The van der Waals surface area contributed by atoms with Crippen LogP contribution < -0.4 is 0 Å². The predicted molar refractivity (Wildman–Crippen MR) is 101 cm³/mol. The Labute approximate surface area is 157 Å². The SMILES string of the molecule is CCOC(=O)c1c2c(n(C)c1Cl)-c1cnn(Cc3ccccc3)c1CC2. The number of benzene rings is 1. The molecule has 6 heteroatoms. The van der Waals surface area contributed by atoms with E-state index in [1.807, 2.05) is 40.7 Å². The van der Waals surface area contributed by atoms with Crippen LogP contribution in [0.25, 0.3) is 11.3 Å². The highest BCUT2D eigenvalue weighted by Gasteiger charge is 2.32. The summed E-state index contributed by atoms with van der Waals surface area (Å²) in [6, 6.07) is 10.3. The van der Waals surface area contributed by atoms with Gasteiger partial charge < -0.3 is 9.30 Å². The lowest BCUT2D eigenvalue weighted by Gasteiger charge is -2.17. The van der Waals surface area contributed by atoms with Gasteiger partial charge in [-0.25, -0.2) is 4.79 Å². The summed E-state index contributed by atoms with van der Waals surface area (Å²) < 4.78 is 9.11. The maximum atomic E-state index is 12.4. The van der Waals surface area contributed by atoms with Gasteiger partial charge in [0.15, 0.2) is 0 Å². The molecule has 0 atom stereocenters. The van der Waals surface area contributed by atoms with E-state index < -0.39 is 0 Å². The van der Waals surface area contributed by atoms with Gasteiger partial charge in [-0.2, -0.15) is 5.10 Å². The number of fused-ring (bicyclic) bond motifs is 3. The van der Waals surface area contributed by atoms with Crippen molar-refractivity contribution in [2.75, 3.05) is 6.61 Å². The van der Waals surface area contributed by atoms with Crippen molar-refractivity contribution in [2.45, 2.75) is 26.3 Å². The third-order valence-electron chi connectivity index (χ3n) is 4.89. The molecule has 5 nitrogen and oxygen atoms in total. The van der Waals surface area contributed by atoms with E-state index in [-0.39, 0.29) is 5.97 Å². The first-order valence-corrected chi connectivity index (χ1v) is 9.12. The zero-order chi connectivity index (χ0) is 18.3. The summed E-state index contributed by atoms with van der Waals surface area (Å²) in [7, 11) is 1.88. The Morgan fingerprint density at radius 2 is 2.04 bits per heavy atom. The zero-order valence-corrected chi connectivity index (χ0v) is 15.6. The molecular formula is C20H20ClN3O2. The monoisotopic (exact) mass is 369 g/mol. The maximum Gasteiger partial charge on any atom is 0.341 e. The highest BCUT2D eigenvalue weighted by molar-refractivity contribution is 6.33. The molecule has 0 amide bonds. The summed E-state index contributed by atoms with van der Waals surface area (Å²) in [6.45, 7) is 2.86. The number of carbonyl (C=O) groups is 1. The Morgan fingerprint density at radius 3 is 2.77 bits per heavy atom. The Morgan fingerprint density at radius 1 is 1.27 bits per heavy atom. The van der Waals surface area contributed by atoms with Crippen LogP contribution in [0.3, 0.4) is 0 Å². The fraction of sp³-hybridized carbons (Fsp3) is 0.300. The van der Waals surface area contributed by atoms with Crippen LogP contribution in [0.4, 0.5) is 0 Å². The minimum absolute atomic E-state index is 0.332. The molecule has 4 rings (SSSR count). The third kappa shape index (κ3) is 2.63. The summed E-state index contributed by atoms with van der Waals surface area (Å²) in [4.78, 5) is 12.4. The number of esters is 1. The van der Waals surface area contributed by atoms with Gasteiger partial charge in [0.2, 0.25) is 0 Å². The maximum absolute atomic E-state index is 12.4. The molecule has 3 aromatic rings. The van der Waals surface area contributed by atoms with E-state index in [9.17, 15) is 4.79 Å². The molecular weight excluding hydrogens is 350 g/mol. The van der Waals surface area contributed by atoms with Gasteiger partial charge in [0.25, 0.3) is 0 Å². The number of hydrogen-bond acceptors (Lipinski definition) is 3. The molecule has 0 spiro atoms. The van der Waals surface area contributed by atoms with Crippen LogP contribution in [-0.4, -0.2) is 26.9 Å². The molecule has 0 saturated heterocycles. The summed E-state index contributed by atoms with van der Waals surface area (Å²) >= 11 is 6.47. The second-order valence-corrected chi connectivity index (χ2v) is 6.78. The Bertz CT molecular complexity index is 973. The Hall–Kier alpha value is -2.53. The highest BCUT2D eigenvalue weighted by atomic mass is 35.5. The van der Waals surface area contributed by atoms with Crippen LogP contribution in [-0.2, 0) is 31.2 Å². The van der Waals surface area contributed by atoms with E-state index in [0.717, 1.165) is 36.2 Å². The average Bonchev–Trinajstić information content (AvgIpc) is 3.15. The van der Waals surface area contributed by atoms with Crippen molar-refractivity contribution in [1.82, 2.24) is 14.3 Å². The quantitative estimate of drug-likeness (QED) is 0.656. The van der Waals surface area contributed by atoms with Crippen molar-refractivity contribution < 1.29 is 9.53 Å². The number of rotatable bonds is 4. The molecule has 2 heterocycles. The fourth-order valence-corrected chi connectivity index (χ4v) is 3.99. The van der Waals surface area contributed by atoms with Crippen LogP contribution in [0.15, 0.2) is 36.5 Å². The van der Waals surface area contributed by atoms with Crippen LogP contribution in [0.2, 0.25) is 5.15 Å². The molecule has 134 valence electrons. The van der Waals surface area contributed by atoms with E-state index in [0.29, 0.717) is 17.3 Å². The van der Waals surface area contributed by atoms with E-state index in [1.165, 1.54) is 11.3 Å². The molecule has 0 bridgehead atoms. The third-order valence-corrected chi connectivity index (χ3v) is 5.34. The van der Waals surface area contributed by atoms with Gasteiger partial charge in [0.05, 0.1) is 25.0 Å². The van der Waals surface area contributed by atoms with Gasteiger partial charge in [-0.15, -0.1) is 0 Å². The minimum Gasteiger partial charge on any atom is -0.462 e. The smallest absolute Gasteiger partial charge is 0.341 e. The molecule has 26 heavy (non-hydrogen) atoms. The predicted octanol–water partition coefficient (Wildman–Crippen LogP) is 3.87. The molecule has 0 aliphatic heterocycles. The summed E-state index contributed by atoms with van der Waals surface area (Å²) in [5.74, 6) is -0.352. The summed E-state index contributed by atoms with van der Waals surface area (Å²) in [5.41, 5.74) is 5.85.